The van der Waals surface area contributed by atoms with Crippen LogP contribution in [0, 0.1) is 11.6 Å². The number of fused-ring (bicyclic) bond motifs is 2. The topological polar surface area (TPSA) is 179 Å². The van der Waals surface area contributed by atoms with Gasteiger partial charge < -0.3 is 52.5 Å². The van der Waals surface area contributed by atoms with Crippen LogP contribution in [-0.2, 0) is 55.6 Å². The third-order valence-corrected chi connectivity index (χ3v) is 14.5. The number of carbonyl (C=O) groups excluding carboxylic acids is 2. The Labute approximate surface area is 482 Å². The van der Waals surface area contributed by atoms with Crippen molar-refractivity contribution in [2.75, 3.05) is 6.61 Å². The molecule has 9 aromatic rings. The molecule has 0 spiro atoms. The molecular weight excluding hydrogens is 1080 g/mol. The van der Waals surface area contributed by atoms with Crippen molar-refractivity contribution >= 4 is 22.9 Å². The third-order valence-electron chi connectivity index (χ3n) is 14.5. The van der Waals surface area contributed by atoms with Gasteiger partial charge in [0, 0.05) is 41.7 Å². The smallest absolute Gasteiger partial charge is 0.306 e. The van der Waals surface area contributed by atoms with Crippen molar-refractivity contribution in [3.05, 3.63) is 255 Å². The maximum Gasteiger partial charge on any atom is 0.306 e. The summed E-state index contributed by atoms with van der Waals surface area (Å²) < 4.78 is 85.0. The summed E-state index contributed by atoms with van der Waals surface area (Å²) in [6.45, 7) is -0.424. The zero-order valence-corrected chi connectivity index (χ0v) is 45.4. The van der Waals surface area contributed by atoms with Crippen LogP contribution < -0.4 is 29.1 Å². The lowest BCUT2D eigenvalue weighted by atomic mass is 9.97. The first kappa shape index (κ1) is 56.5. The number of aliphatic hydroxyl groups excluding tert-OH is 2. The fourth-order valence-corrected chi connectivity index (χ4v) is 10.1. The van der Waals surface area contributed by atoms with E-state index >= 15 is 4.79 Å². The molecule has 2 aliphatic heterocycles. The predicted octanol–water partition coefficient (Wildman–Crippen LogP) is 11.9. The molecule has 1 saturated heterocycles. The third kappa shape index (κ3) is 13.1. The standard InChI is InChI=1S/C68H58F2O14/c69-50-32-27-43(28-33-50)19-13-25-58(71)78-42-57-61(73)63(75)66(81-59(72)26-14-20-44-29-34-51(70)35-30-44)67(80-57)82-65-62(74)60-55(77-41-46-17-7-2-8-18-46)38-52(76-40-45-15-5-1-6-16-45)39-56(60)79-64(65)47-31-36-53-54(37-47)84-68(83-53,48-21-9-3-10-22-48)49-23-11-4-12-24-49/h1-12,15-18,21-24,27-39,57,61,63,66-67,73,75H,13-14,19-20,25-26,40-42H2/t57-,61+,63+,66-,67+/m1/s1. The fraction of sp³-hybridized carbons (Fsp3) is 0.221. The van der Waals surface area contributed by atoms with Gasteiger partial charge in [0.15, 0.2) is 23.4 Å². The van der Waals surface area contributed by atoms with Crippen molar-refractivity contribution in [2.45, 2.75) is 88.2 Å². The summed E-state index contributed by atoms with van der Waals surface area (Å²) >= 11 is 0. The molecule has 5 atom stereocenters. The molecule has 0 saturated carbocycles. The summed E-state index contributed by atoms with van der Waals surface area (Å²) in [6, 6.07) is 57.4. The van der Waals surface area contributed by atoms with Crippen LogP contribution in [0.3, 0.4) is 0 Å². The Kier molecular flexibility index (Phi) is 17.4. The molecule has 14 nitrogen and oxygen atoms in total. The van der Waals surface area contributed by atoms with Gasteiger partial charge in [-0.3, -0.25) is 14.4 Å². The fourth-order valence-electron chi connectivity index (χ4n) is 10.1. The number of benzene rings is 8. The van der Waals surface area contributed by atoms with Crippen LogP contribution in [0.5, 0.6) is 28.7 Å². The van der Waals surface area contributed by atoms with Crippen molar-refractivity contribution < 1.29 is 70.9 Å². The number of ether oxygens (including phenoxy) is 8. The summed E-state index contributed by atoms with van der Waals surface area (Å²) in [5.41, 5.74) is 4.08. The van der Waals surface area contributed by atoms with E-state index in [4.69, 9.17) is 42.3 Å². The second kappa shape index (κ2) is 25.8. The average Bonchev–Trinajstić information content (AvgIpc) is 1.67. The number of rotatable bonds is 22. The van der Waals surface area contributed by atoms with Crippen LogP contribution in [0.2, 0.25) is 0 Å². The first-order valence-electron chi connectivity index (χ1n) is 27.6. The maximum atomic E-state index is 15.8. The lowest BCUT2D eigenvalue weighted by Crippen LogP contribution is -2.61. The summed E-state index contributed by atoms with van der Waals surface area (Å²) in [5.74, 6) is -3.41. The van der Waals surface area contributed by atoms with E-state index in [0.717, 1.165) is 22.3 Å². The number of esters is 2. The first-order chi connectivity index (χ1) is 41.0. The van der Waals surface area contributed by atoms with Crippen molar-refractivity contribution in [3.8, 4) is 40.1 Å². The number of aryl methyl sites for hydroxylation is 2. The second-order valence-electron chi connectivity index (χ2n) is 20.4. The van der Waals surface area contributed by atoms with E-state index in [0.29, 0.717) is 41.9 Å². The molecule has 2 N–H and O–H groups in total. The molecule has 0 unspecified atom stereocenters. The van der Waals surface area contributed by atoms with Gasteiger partial charge in [0.05, 0.1) is 0 Å². The van der Waals surface area contributed by atoms with Crippen molar-refractivity contribution in [3.63, 3.8) is 0 Å². The molecule has 1 aromatic heterocycles. The summed E-state index contributed by atoms with van der Waals surface area (Å²) in [5, 5.41) is 23.6. The number of carbonyl (C=O) groups is 2. The summed E-state index contributed by atoms with van der Waals surface area (Å²) in [7, 11) is 0. The van der Waals surface area contributed by atoms with Gasteiger partial charge in [-0.1, -0.05) is 146 Å². The van der Waals surface area contributed by atoms with Gasteiger partial charge in [0.2, 0.25) is 17.5 Å². The lowest BCUT2D eigenvalue weighted by Gasteiger charge is -2.41. The molecule has 428 valence electrons. The lowest BCUT2D eigenvalue weighted by molar-refractivity contribution is -0.283. The van der Waals surface area contributed by atoms with Crippen molar-refractivity contribution in [1.29, 1.82) is 0 Å². The first-order valence-corrected chi connectivity index (χ1v) is 27.6. The van der Waals surface area contributed by atoms with E-state index in [2.05, 4.69) is 0 Å². The average molecular weight is 1140 g/mol. The van der Waals surface area contributed by atoms with Crippen molar-refractivity contribution in [2.24, 2.45) is 0 Å². The van der Waals surface area contributed by atoms with E-state index < -0.39 is 72.0 Å². The van der Waals surface area contributed by atoms with E-state index in [-0.39, 0.29) is 72.1 Å². The van der Waals surface area contributed by atoms with Crippen LogP contribution in [0.4, 0.5) is 8.78 Å². The van der Waals surface area contributed by atoms with Crippen LogP contribution in [-0.4, -0.2) is 59.5 Å². The highest BCUT2D eigenvalue weighted by molar-refractivity contribution is 5.89. The second-order valence-corrected chi connectivity index (χ2v) is 20.4. The SMILES string of the molecule is O=C(CCCc1ccc(F)cc1)OC[C@H]1O[C@@H](Oc2c(-c3ccc4c(c3)OC(c3ccccc3)(c3ccccc3)O4)oc3cc(OCc4ccccc4)cc(OCc4ccccc4)c3c2=O)[C@H](OC(=O)CCCc2ccc(F)cc2)[C@@H](O)[C@H]1O. The van der Waals surface area contributed by atoms with Crippen LogP contribution in [0.15, 0.2) is 209 Å². The Bertz CT molecular complexity index is 3710. The minimum atomic E-state index is -1.94. The van der Waals surface area contributed by atoms with Crippen LogP contribution in [0.25, 0.3) is 22.3 Å². The number of aliphatic hydroxyl groups is 2. The van der Waals surface area contributed by atoms with E-state index in [9.17, 15) is 28.6 Å². The molecule has 84 heavy (non-hydrogen) atoms. The molecule has 0 amide bonds. The quantitative estimate of drug-likeness (QED) is 0.0612. The molecule has 3 heterocycles. The van der Waals surface area contributed by atoms with Gasteiger partial charge in [0.1, 0.15) is 72.2 Å². The highest BCUT2D eigenvalue weighted by Gasteiger charge is 2.50. The molecule has 11 rings (SSSR count). The molecule has 16 heteroatoms. The van der Waals surface area contributed by atoms with Gasteiger partial charge in [-0.15, -0.1) is 0 Å². The normalized spacial score (nSPS) is 17.7. The highest BCUT2D eigenvalue weighted by Crippen LogP contribution is 2.50. The minimum absolute atomic E-state index is 0.0177. The number of hydrogen-bond donors (Lipinski definition) is 2. The monoisotopic (exact) mass is 1140 g/mol. The van der Waals surface area contributed by atoms with Gasteiger partial charge >= 0.3 is 17.7 Å². The molecular formula is C68H58F2O14. The van der Waals surface area contributed by atoms with E-state index in [1.807, 2.05) is 121 Å². The van der Waals surface area contributed by atoms with E-state index in [1.165, 1.54) is 24.3 Å². The Morgan fingerprint density at radius 2 is 1.12 bits per heavy atom. The van der Waals surface area contributed by atoms with Gasteiger partial charge in [-0.05, 0) is 90.4 Å². The zero-order valence-electron chi connectivity index (χ0n) is 45.4. The maximum absolute atomic E-state index is 15.8. The highest BCUT2D eigenvalue weighted by atomic mass is 19.1. The Morgan fingerprint density at radius 3 is 1.71 bits per heavy atom. The molecule has 0 bridgehead atoms. The summed E-state index contributed by atoms with van der Waals surface area (Å²) in [4.78, 5) is 42.8. The Morgan fingerprint density at radius 1 is 0.571 bits per heavy atom. The number of halogens is 2. The zero-order chi connectivity index (χ0) is 58.0. The molecule has 1 fully saturated rings. The van der Waals surface area contributed by atoms with Crippen LogP contribution in [0.1, 0.15) is 59.1 Å². The number of hydrogen-bond acceptors (Lipinski definition) is 14. The molecule has 0 aliphatic carbocycles. The van der Waals surface area contributed by atoms with Crippen molar-refractivity contribution in [1.82, 2.24) is 0 Å². The van der Waals surface area contributed by atoms with Gasteiger partial charge in [-0.25, -0.2) is 8.78 Å². The Hall–Kier alpha value is -9.35. The summed E-state index contributed by atoms with van der Waals surface area (Å²) in [6.07, 6.45) is -7.76. The molecule has 8 aromatic carbocycles. The predicted molar refractivity (Wildman–Crippen MR) is 305 cm³/mol. The minimum Gasteiger partial charge on any atom is -0.489 e. The molecule has 2 aliphatic rings. The van der Waals surface area contributed by atoms with Gasteiger partial charge in [0.25, 0.3) is 0 Å². The van der Waals surface area contributed by atoms with E-state index in [1.54, 1.807) is 54.6 Å². The van der Waals surface area contributed by atoms with Crippen LogP contribution >= 0.6 is 0 Å². The largest absolute Gasteiger partial charge is 0.489 e. The Balaban J connectivity index is 0.982. The van der Waals surface area contributed by atoms with Gasteiger partial charge in [-0.2, -0.15) is 0 Å². The molecule has 0 radical (unpaired) electrons.